The van der Waals surface area contributed by atoms with Crippen LogP contribution in [0.15, 0.2) is 84.9 Å². The van der Waals surface area contributed by atoms with Gasteiger partial charge < -0.3 is 26.2 Å². The van der Waals surface area contributed by atoms with Crippen LogP contribution in [0.1, 0.15) is 45.2 Å². The minimum absolute atomic E-state index is 0.137. The van der Waals surface area contributed by atoms with E-state index in [-0.39, 0.29) is 43.7 Å². The molecule has 0 unspecified atom stereocenters. The summed E-state index contributed by atoms with van der Waals surface area (Å²) in [5.41, 5.74) is 11.8. The van der Waals surface area contributed by atoms with Gasteiger partial charge >= 0.3 is 0 Å². The Balaban J connectivity index is 1.71. The van der Waals surface area contributed by atoms with E-state index in [1.54, 1.807) is 31.9 Å². The highest BCUT2D eigenvalue weighted by Crippen LogP contribution is 2.26. The number of amides is 4. The predicted molar refractivity (Wildman–Crippen MR) is 177 cm³/mol. The molecule has 238 valence electrons. The van der Waals surface area contributed by atoms with Crippen molar-refractivity contribution < 1.29 is 19.2 Å². The highest BCUT2D eigenvalue weighted by atomic mass is 16.2. The molecule has 2 atom stereocenters. The monoisotopic (exact) mass is 611 g/mol. The van der Waals surface area contributed by atoms with Crippen molar-refractivity contribution in [3.8, 4) is 0 Å². The van der Waals surface area contributed by atoms with Gasteiger partial charge in [0.15, 0.2) is 0 Å². The number of rotatable bonds is 11. The first-order valence-electron chi connectivity index (χ1n) is 15.3. The van der Waals surface area contributed by atoms with Gasteiger partial charge in [0.2, 0.25) is 23.6 Å². The van der Waals surface area contributed by atoms with E-state index >= 15 is 0 Å². The first kappa shape index (κ1) is 33.4. The second-order valence-corrected chi connectivity index (χ2v) is 13.1. The molecule has 1 saturated heterocycles. The molecule has 0 aromatic heterocycles. The fourth-order valence-electron chi connectivity index (χ4n) is 5.68. The summed E-state index contributed by atoms with van der Waals surface area (Å²) < 4.78 is 0. The molecule has 1 aliphatic heterocycles. The fraction of sp³-hybridized carbons (Fsp3) is 0.389. The molecular formula is C36H45N5O4. The summed E-state index contributed by atoms with van der Waals surface area (Å²) >= 11 is 0. The van der Waals surface area contributed by atoms with Crippen LogP contribution in [0.3, 0.4) is 0 Å². The Kier molecular flexibility index (Phi) is 10.1. The van der Waals surface area contributed by atoms with Crippen molar-refractivity contribution in [1.29, 1.82) is 0 Å². The second-order valence-electron chi connectivity index (χ2n) is 13.1. The first-order chi connectivity index (χ1) is 21.2. The SMILES string of the molecule is CN(C(=O)C=CCC(C)(C)N)[C@H](Cc1ccc2ccccc2c1)C(=O)N1CCN(C(C)(C)C(N)=O)C(=O)[C@H]1Cc1ccccc1. The number of hydrogen-bond donors (Lipinski definition) is 2. The van der Waals surface area contributed by atoms with Gasteiger partial charge in [-0.05, 0) is 62.1 Å². The third-order valence-corrected chi connectivity index (χ3v) is 8.57. The van der Waals surface area contributed by atoms with E-state index in [0.29, 0.717) is 6.42 Å². The molecule has 3 aromatic rings. The lowest BCUT2D eigenvalue weighted by molar-refractivity contribution is -0.161. The van der Waals surface area contributed by atoms with E-state index in [1.165, 1.54) is 15.9 Å². The van der Waals surface area contributed by atoms with Gasteiger partial charge in [0.25, 0.3) is 0 Å². The zero-order chi connectivity index (χ0) is 32.9. The molecule has 0 spiro atoms. The van der Waals surface area contributed by atoms with Crippen LogP contribution in [-0.4, -0.2) is 81.6 Å². The summed E-state index contributed by atoms with van der Waals surface area (Å²) in [5.74, 6) is -1.65. The van der Waals surface area contributed by atoms with Gasteiger partial charge in [0.05, 0.1) is 0 Å². The summed E-state index contributed by atoms with van der Waals surface area (Å²) in [6.07, 6.45) is 4.17. The number of carbonyl (C=O) groups excluding carboxylic acids is 4. The minimum Gasteiger partial charge on any atom is -0.368 e. The summed E-state index contributed by atoms with van der Waals surface area (Å²) in [7, 11) is 1.62. The van der Waals surface area contributed by atoms with Gasteiger partial charge in [0, 0.05) is 38.5 Å². The van der Waals surface area contributed by atoms with E-state index in [4.69, 9.17) is 11.5 Å². The van der Waals surface area contributed by atoms with Crippen LogP contribution in [0.2, 0.25) is 0 Å². The van der Waals surface area contributed by atoms with Gasteiger partial charge in [-0.1, -0.05) is 78.9 Å². The van der Waals surface area contributed by atoms with Crippen molar-refractivity contribution in [2.75, 3.05) is 20.1 Å². The molecule has 4 N–H and O–H groups in total. The molecule has 0 saturated carbocycles. The molecule has 0 radical (unpaired) electrons. The molecule has 9 heteroatoms. The van der Waals surface area contributed by atoms with Crippen molar-refractivity contribution in [3.05, 3.63) is 96.1 Å². The first-order valence-corrected chi connectivity index (χ1v) is 15.3. The van der Waals surface area contributed by atoms with Crippen LogP contribution in [0.4, 0.5) is 0 Å². The maximum Gasteiger partial charge on any atom is 0.246 e. The summed E-state index contributed by atoms with van der Waals surface area (Å²) in [5, 5.41) is 2.10. The average Bonchev–Trinajstić information content (AvgIpc) is 2.99. The lowest BCUT2D eigenvalue weighted by Crippen LogP contribution is -2.68. The third kappa shape index (κ3) is 7.97. The molecule has 0 aliphatic carbocycles. The Bertz CT molecular complexity index is 1580. The standard InChI is InChI=1S/C36H45N5O4/c1-35(2,38)19-11-16-31(42)39(5)29(24-26-17-18-27-14-9-10-15-28(27)22-26)32(43)40-20-21-41(36(3,4)34(37)45)33(44)30(40)23-25-12-7-6-8-13-25/h6-18,22,29-30H,19-21,23-24,38H2,1-5H3,(H2,37,45)/t29-,30-/m1/s1. The number of carbonyl (C=O) groups is 4. The maximum atomic E-state index is 14.6. The smallest absolute Gasteiger partial charge is 0.246 e. The number of nitrogens with zero attached hydrogens (tertiary/aromatic N) is 3. The van der Waals surface area contributed by atoms with Crippen LogP contribution in [-0.2, 0) is 32.0 Å². The number of benzene rings is 3. The van der Waals surface area contributed by atoms with Crippen molar-refractivity contribution in [2.24, 2.45) is 11.5 Å². The normalized spacial score (nSPS) is 16.7. The van der Waals surface area contributed by atoms with Crippen LogP contribution in [0, 0.1) is 0 Å². The largest absolute Gasteiger partial charge is 0.368 e. The molecule has 4 rings (SSSR count). The molecule has 3 aromatic carbocycles. The number of nitrogens with two attached hydrogens (primary N) is 2. The fourth-order valence-corrected chi connectivity index (χ4v) is 5.68. The zero-order valence-electron chi connectivity index (χ0n) is 26.9. The molecule has 9 nitrogen and oxygen atoms in total. The average molecular weight is 612 g/mol. The van der Waals surface area contributed by atoms with E-state index in [2.05, 4.69) is 0 Å². The van der Waals surface area contributed by atoms with E-state index in [9.17, 15) is 19.2 Å². The summed E-state index contributed by atoms with van der Waals surface area (Å²) in [6.45, 7) is 7.31. The third-order valence-electron chi connectivity index (χ3n) is 8.57. The van der Waals surface area contributed by atoms with E-state index in [0.717, 1.165) is 21.9 Å². The van der Waals surface area contributed by atoms with Crippen LogP contribution in [0.5, 0.6) is 0 Å². The van der Waals surface area contributed by atoms with Crippen LogP contribution in [0.25, 0.3) is 10.8 Å². The highest BCUT2D eigenvalue weighted by Gasteiger charge is 2.46. The summed E-state index contributed by atoms with van der Waals surface area (Å²) in [6, 6.07) is 21.6. The number of hydrogen-bond acceptors (Lipinski definition) is 5. The number of primary amides is 1. The van der Waals surface area contributed by atoms with Crippen LogP contribution < -0.4 is 11.5 Å². The Morgan fingerprint density at radius 3 is 2.22 bits per heavy atom. The zero-order valence-corrected chi connectivity index (χ0v) is 26.9. The van der Waals surface area contributed by atoms with Gasteiger partial charge in [0.1, 0.15) is 17.6 Å². The Morgan fingerprint density at radius 2 is 1.58 bits per heavy atom. The maximum absolute atomic E-state index is 14.6. The van der Waals surface area contributed by atoms with Crippen molar-refractivity contribution in [2.45, 2.75) is 70.1 Å². The molecule has 0 bridgehead atoms. The molecule has 1 fully saturated rings. The Morgan fingerprint density at radius 1 is 0.933 bits per heavy atom. The Hall–Kier alpha value is -4.50. The summed E-state index contributed by atoms with van der Waals surface area (Å²) in [4.78, 5) is 59.0. The van der Waals surface area contributed by atoms with Crippen molar-refractivity contribution in [3.63, 3.8) is 0 Å². The topological polar surface area (TPSA) is 130 Å². The van der Waals surface area contributed by atoms with E-state index in [1.807, 2.05) is 86.6 Å². The molecular weight excluding hydrogens is 566 g/mol. The van der Waals surface area contributed by atoms with Gasteiger partial charge in [-0.25, -0.2) is 0 Å². The van der Waals surface area contributed by atoms with Gasteiger partial charge in [-0.3, -0.25) is 19.2 Å². The second kappa shape index (κ2) is 13.6. The molecule has 1 heterocycles. The van der Waals surface area contributed by atoms with Crippen LogP contribution >= 0.6 is 0 Å². The van der Waals surface area contributed by atoms with Gasteiger partial charge in [-0.15, -0.1) is 0 Å². The Labute approximate surface area is 265 Å². The number of piperazine rings is 1. The molecule has 45 heavy (non-hydrogen) atoms. The minimum atomic E-state index is -1.24. The van der Waals surface area contributed by atoms with Gasteiger partial charge in [-0.2, -0.15) is 0 Å². The molecule has 1 aliphatic rings. The number of likely N-dealkylation sites (N-methyl/N-ethyl adjacent to an activating group) is 1. The lowest BCUT2D eigenvalue weighted by Gasteiger charge is -2.47. The van der Waals surface area contributed by atoms with Crippen molar-refractivity contribution >= 4 is 34.4 Å². The van der Waals surface area contributed by atoms with Crippen molar-refractivity contribution in [1.82, 2.24) is 14.7 Å². The highest BCUT2D eigenvalue weighted by molar-refractivity contribution is 5.97. The lowest BCUT2D eigenvalue weighted by atomic mass is 9.93. The predicted octanol–water partition coefficient (Wildman–Crippen LogP) is 3.44. The van der Waals surface area contributed by atoms with E-state index < -0.39 is 29.1 Å². The number of fused-ring (bicyclic) bond motifs is 1. The quantitative estimate of drug-likeness (QED) is 0.321. The molecule has 4 amide bonds.